The van der Waals surface area contributed by atoms with Crippen molar-refractivity contribution in [2.24, 2.45) is 0 Å². The predicted molar refractivity (Wildman–Crippen MR) is 98.1 cm³/mol. The van der Waals surface area contributed by atoms with E-state index in [-0.39, 0.29) is 0 Å². The zero-order chi connectivity index (χ0) is 16.2. The molecule has 3 nitrogen and oxygen atoms in total. The summed E-state index contributed by atoms with van der Waals surface area (Å²) in [6.07, 6.45) is 2.06. The molecule has 0 aliphatic rings. The molecule has 0 radical (unpaired) electrons. The van der Waals surface area contributed by atoms with Crippen LogP contribution in [0.1, 0.15) is 30.3 Å². The summed E-state index contributed by atoms with van der Waals surface area (Å²) in [5.74, 6) is 1.18. The Hall–Kier alpha value is -2.29. The SMILES string of the molecule is CCc1nc2ccccc2n1CCCNc1ccc(C)c(C)c1. The van der Waals surface area contributed by atoms with E-state index >= 15 is 0 Å². The number of hydrogen-bond acceptors (Lipinski definition) is 2. The van der Waals surface area contributed by atoms with E-state index in [1.165, 1.54) is 28.2 Å². The van der Waals surface area contributed by atoms with Gasteiger partial charge in [-0.1, -0.05) is 25.1 Å². The summed E-state index contributed by atoms with van der Waals surface area (Å²) in [6, 6.07) is 15.0. The first-order valence-corrected chi connectivity index (χ1v) is 8.44. The second-order valence-electron chi connectivity index (χ2n) is 6.10. The molecule has 3 heteroatoms. The lowest BCUT2D eigenvalue weighted by atomic mass is 10.1. The van der Waals surface area contributed by atoms with Gasteiger partial charge in [0.25, 0.3) is 0 Å². The number of hydrogen-bond donors (Lipinski definition) is 1. The van der Waals surface area contributed by atoms with Crippen molar-refractivity contribution in [1.29, 1.82) is 0 Å². The average Bonchev–Trinajstić information content (AvgIpc) is 2.92. The van der Waals surface area contributed by atoms with Crippen LogP contribution in [0.2, 0.25) is 0 Å². The highest BCUT2D eigenvalue weighted by molar-refractivity contribution is 5.75. The lowest BCUT2D eigenvalue weighted by molar-refractivity contribution is 0.645. The summed E-state index contributed by atoms with van der Waals surface area (Å²) >= 11 is 0. The summed E-state index contributed by atoms with van der Waals surface area (Å²) in [4.78, 5) is 4.73. The second-order valence-corrected chi connectivity index (χ2v) is 6.10. The van der Waals surface area contributed by atoms with Gasteiger partial charge in [-0.3, -0.25) is 0 Å². The molecule has 3 aromatic rings. The lowest BCUT2D eigenvalue weighted by Gasteiger charge is -2.11. The van der Waals surface area contributed by atoms with Crippen molar-refractivity contribution in [1.82, 2.24) is 9.55 Å². The third-order valence-corrected chi connectivity index (χ3v) is 4.44. The largest absolute Gasteiger partial charge is 0.385 e. The Morgan fingerprint density at radius 2 is 1.87 bits per heavy atom. The molecule has 0 fully saturated rings. The molecule has 0 atom stereocenters. The van der Waals surface area contributed by atoms with Crippen molar-refractivity contribution in [3.63, 3.8) is 0 Å². The van der Waals surface area contributed by atoms with Gasteiger partial charge in [-0.15, -0.1) is 0 Å². The van der Waals surface area contributed by atoms with E-state index in [9.17, 15) is 0 Å². The van der Waals surface area contributed by atoms with E-state index in [0.717, 1.165) is 31.4 Å². The van der Waals surface area contributed by atoms with Gasteiger partial charge >= 0.3 is 0 Å². The summed E-state index contributed by atoms with van der Waals surface area (Å²) in [7, 11) is 0. The molecular weight excluding hydrogens is 282 g/mol. The Morgan fingerprint density at radius 3 is 2.65 bits per heavy atom. The van der Waals surface area contributed by atoms with E-state index in [0.29, 0.717) is 0 Å². The molecule has 3 rings (SSSR count). The molecule has 0 aliphatic carbocycles. The molecule has 0 aliphatic heterocycles. The Morgan fingerprint density at radius 1 is 1.04 bits per heavy atom. The molecule has 0 bridgehead atoms. The van der Waals surface area contributed by atoms with Crippen LogP contribution in [0.5, 0.6) is 0 Å². The van der Waals surface area contributed by atoms with Crippen LogP contribution >= 0.6 is 0 Å². The Bertz CT molecular complexity index is 802. The highest BCUT2D eigenvalue weighted by atomic mass is 15.1. The van der Waals surface area contributed by atoms with Gasteiger partial charge in [-0.2, -0.15) is 0 Å². The highest BCUT2D eigenvalue weighted by Crippen LogP contribution is 2.17. The van der Waals surface area contributed by atoms with Crippen LogP contribution in [0, 0.1) is 13.8 Å². The third-order valence-electron chi connectivity index (χ3n) is 4.44. The van der Waals surface area contributed by atoms with Crippen LogP contribution in [0.4, 0.5) is 5.69 Å². The molecule has 0 spiro atoms. The molecule has 23 heavy (non-hydrogen) atoms. The molecule has 0 saturated carbocycles. The monoisotopic (exact) mass is 307 g/mol. The van der Waals surface area contributed by atoms with Crippen LogP contribution in [-0.2, 0) is 13.0 Å². The van der Waals surface area contributed by atoms with E-state index in [4.69, 9.17) is 4.98 Å². The number of para-hydroxylation sites is 2. The molecule has 120 valence electrons. The zero-order valence-corrected chi connectivity index (χ0v) is 14.3. The molecule has 1 heterocycles. The van der Waals surface area contributed by atoms with Gasteiger partial charge in [0.2, 0.25) is 0 Å². The van der Waals surface area contributed by atoms with Crippen molar-refractivity contribution < 1.29 is 0 Å². The zero-order valence-electron chi connectivity index (χ0n) is 14.3. The number of anilines is 1. The first-order valence-electron chi connectivity index (χ1n) is 8.44. The van der Waals surface area contributed by atoms with Gasteiger partial charge in [-0.25, -0.2) is 4.98 Å². The fourth-order valence-corrected chi connectivity index (χ4v) is 2.97. The minimum Gasteiger partial charge on any atom is -0.385 e. The Labute approximate surface area is 138 Å². The molecule has 1 aromatic heterocycles. The van der Waals surface area contributed by atoms with Crippen LogP contribution in [0.3, 0.4) is 0 Å². The van der Waals surface area contributed by atoms with Gasteiger partial charge in [0.15, 0.2) is 0 Å². The number of rotatable bonds is 6. The number of nitrogens with one attached hydrogen (secondary N) is 1. The normalized spacial score (nSPS) is 11.1. The second kappa shape index (κ2) is 6.86. The van der Waals surface area contributed by atoms with Crippen LogP contribution < -0.4 is 5.32 Å². The predicted octanol–water partition coefficient (Wildman–Crippen LogP) is 4.72. The fraction of sp³-hybridized carbons (Fsp3) is 0.350. The maximum Gasteiger partial charge on any atom is 0.109 e. The summed E-state index contributed by atoms with van der Waals surface area (Å²) < 4.78 is 2.36. The Kier molecular flexibility index (Phi) is 4.65. The molecule has 0 unspecified atom stereocenters. The van der Waals surface area contributed by atoms with E-state index in [1.54, 1.807) is 0 Å². The maximum absolute atomic E-state index is 4.73. The number of nitrogens with zero attached hydrogens (tertiary/aromatic N) is 2. The topological polar surface area (TPSA) is 29.9 Å². The van der Waals surface area contributed by atoms with E-state index in [1.807, 2.05) is 0 Å². The average molecular weight is 307 g/mol. The van der Waals surface area contributed by atoms with Crippen molar-refractivity contribution in [3.8, 4) is 0 Å². The summed E-state index contributed by atoms with van der Waals surface area (Å²) in [5, 5.41) is 3.53. The van der Waals surface area contributed by atoms with Crippen LogP contribution in [0.25, 0.3) is 11.0 Å². The van der Waals surface area contributed by atoms with Crippen LogP contribution in [0.15, 0.2) is 42.5 Å². The fourth-order valence-electron chi connectivity index (χ4n) is 2.97. The number of aryl methyl sites for hydroxylation is 4. The number of imidazole rings is 1. The number of aromatic nitrogens is 2. The van der Waals surface area contributed by atoms with E-state index in [2.05, 4.69) is 73.1 Å². The quantitative estimate of drug-likeness (QED) is 0.668. The summed E-state index contributed by atoms with van der Waals surface area (Å²) in [5.41, 5.74) is 6.23. The number of benzene rings is 2. The van der Waals surface area contributed by atoms with Crippen molar-refractivity contribution in [3.05, 3.63) is 59.4 Å². The highest BCUT2D eigenvalue weighted by Gasteiger charge is 2.08. The minimum atomic E-state index is 0.970. The molecule has 1 N–H and O–H groups in total. The summed E-state index contributed by atoms with van der Waals surface area (Å²) in [6.45, 7) is 8.45. The maximum atomic E-state index is 4.73. The van der Waals surface area contributed by atoms with Gasteiger partial charge < -0.3 is 9.88 Å². The van der Waals surface area contributed by atoms with Gasteiger partial charge in [0, 0.05) is 25.2 Å². The third kappa shape index (κ3) is 3.39. The van der Waals surface area contributed by atoms with Crippen LogP contribution in [-0.4, -0.2) is 16.1 Å². The standard InChI is InChI=1S/C20H25N3/c1-4-20-22-18-8-5-6-9-19(18)23(20)13-7-12-21-17-11-10-15(2)16(3)14-17/h5-6,8-11,14,21H,4,7,12-13H2,1-3H3. The smallest absolute Gasteiger partial charge is 0.109 e. The lowest BCUT2D eigenvalue weighted by Crippen LogP contribution is -2.09. The first kappa shape index (κ1) is 15.6. The number of fused-ring (bicyclic) bond motifs is 1. The van der Waals surface area contributed by atoms with Gasteiger partial charge in [0.05, 0.1) is 11.0 Å². The first-order chi connectivity index (χ1) is 11.2. The molecular formula is C20H25N3. The minimum absolute atomic E-state index is 0.970. The van der Waals surface area contributed by atoms with Crippen molar-refractivity contribution >= 4 is 16.7 Å². The van der Waals surface area contributed by atoms with Crippen molar-refractivity contribution in [2.75, 3.05) is 11.9 Å². The Balaban J connectivity index is 1.63. The van der Waals surface area contributed by atoms with E-state index < -0.39 is 0 Å². The van der Waals surface area contributed by atoms with Gasteiger partial charge in [0.1, 0.15) is 5.82 Å². The molecule has 2 aromatic carbocycles. The molecule has 0 amide bonds. The molecule has 0 saturated heterocycles. The van der Waals surface area contributed by atoms with Gasteiger partial charge in [-0.05, 0) is 55.7 Å². The van der Waals surface area contributed by atoms with Crippen molar-refractivity contribution in [2.45, 2.75) is 40.2 Å².